The van der Waals surface area contributed by atoms with Crippen LogP contribution in [0.25, 0.3) is 0 Å². The second-order valence-corrected chi connectivity index (χ2v) is 5.92. The van der Waals surface area contributed by atoms with E-state index in [1.807, 2.05) is 30.3 Å². The Labute approximate surface area is 140 Å². The zero-order valence-electron chi connectivity index (χ0n) is 12.6. The number of hydrogen-bond acceptors (Lipinski definition) is 2. The van der Waals surface area contributed by atoms with Gasteiger partial charge in [0, 0.05) is 24.5 Å². The van der Waals surface area contributed by atoms with Crippen LogP contribution >= 0.6 is 11.6 Å². The molecule has 2 aromatic rings. The number of anilines is 1. The summed E-state index contributed by atoms with van der Waals surface area (Å²) < 4.78 is 0. The molecule has 2 aromatic carbocycles. The van der Waals surface area contributed by atoms with Gasteiger partial charge < -0.3 is 10.2 Å². The summed E-state index contributed by atoms with van der Waals surface area (Å²) in [5.74, 6) is -0.176. The molecule has 0 radical (unpaired) electrons. The van der Waals surface area contributed by atoms with Crippen molar-refractivity contribution in [1.82, 2.24) is 5.32 Å². The molecule has 0 aromatic heterocycles. The molecule has 2 amide bonds. The number of hydrogen-bond donors (Lipinski definition) is 1. The van der Waals surface area contributed by atoms with Crippen LogP contribution in [0.4, 0.5) is 5.69 Å². The summed E-state index contributed by atoms with van der Waals surface area (Å²) in [6.45, 7) is 1.06. The van der Waals surface area contributed by atoms with Crippen molar-refractivity contribution in [1.29, 1.82) is 0 Å². The smallest absolute Gasteiger partial charge is 0.253 e. The van der Waals surface area contributed by atoms with Crippen molar-refractivity contribution in [2.24, 2.45) is 0 Å². The third-order valence-corrected chi connectivity index (χ3v) is 4.10. The van der Waals surface area contributed by atoms with Gasteiger partial charge in [0.2, 0.25) is 5.91 Å². The van der Waals surface area contributed by atoms with Crippen molar-refractivity contribution >= 4 is 29.1 Å². The van der Waals surface area contributed by atoms with E-state index >= 15 is 0 Å². The quantitative estimate of drug-likeness (QED) is 0.935. The molecule has 4 nitrogen and oxygen atoms in total. The molecule has 0 atom stereocenters. The number of nitrogens with zero attached hydrogens (tertiary/aromatic N) is 1. The molecule has 1 heterocycles. The van der Waals surface area contributed by atoms with Gasteiger partial charge in [-0.05, 0) is 30.2 Å². The Kier molecular flexibility index (Phi) is 4.63. The molecule has 1 aliphatic heterocycles. The summed E-state index contributed by atoms with van der Waals surface area (Å²) in [7, 11) is 0. The second-order valence-electron chi connectivity index (χ2n) is 5.48. The molecule has 118 valence electrons. The minimum absolute atomic E-state index is 0.0318. The Bertz CT molecular complexity index is 731. The van der Waals surface area contributed by atoms with Gasteiger partial charge in [-0.15, -0.1) is 0 Å². The summed E-state index contributed by atoms with van der Waals surface area (Å²) in [6.07, 6.45) is 1.31. The summed E-state index contributed by atoms with van der Waals surface area (Å²) in [6, 6.07) is 14.7. The van der Waals surface area contributed by atoms with Gasteiger partial charge in [-0.25, -0.2) is 0 Å². The molecule has 0 unspecified atom stereocenters. The summed E-state index contributed by atoms with van der Waals surface area (Å²) in [5, 5.41) is 3.41. The van der Waals surface area contributed by atoms with Gasteiger partial charge in [-0.2, -0.15) is 0 Å². The van der Waals surface area contributed by atoms with Crippen molar-refractivity contribution in [2.75, 3.05) is 11.4 Å². The number of halogens is 1. The molecule has 1 saturated heterocycles. The molecular formula is C18H17ClN2O2. The number of amides is 2. The first-order chi connectivity index (χ1) is 11.1. The molecule has 5 heteroatoms. The van der Waals surface area contributed by atoms with Gasteiger partial charge in [0.25, 0.3) is 5.91 Å². The molecule has 0 spiro atoms. The summed E-state index contributed by atoms with van der Waals surface area (Å²) in [5.41, 5.74) is 2.08. The lowest BCUT2D eigenvalue weighted by Crippen LogP contribution is -2.29. The Hall–Kier alpha value is -2.33. The zero-order chi connectivity index (χ0) is 16.2. The van der Waals surface area contributed by atoms with Crippen LogP contribution in [0, 0.1) is 0 Å². The topological polar surface area (TPSA) is 49.4 Å². The van der Waals surface area contributed by atoms with Crippen LogP contribution in [0.1, 0.15) is 28.8 Å². The summed E-state index contributed by atoms with van der Waals surface area (Å²) >= 11 is 6.05. The van der Waals surface area contributed by atoms with E-state index < -0.39 is 0 Å². The molecular weight excluding hydrogens is 312 g/mol. The van der Waals surface area contributed by atoms with E-state index in [0.717, 1.165) is 12.0 Å². The van der Waals surface area contributed by atoms with Gasteiger partial charge in [0.1, 0.15) is 0 Å². The lowest BCUT2D eigenvalue weighted by Gasteiger charge is -2.19. The molecule has 0 bridgehead atoms. The highest BCUT2D eigenvalue weighted by atomic mass is 35.5. The van der Waals surface area contributed by atoms with E-state index in [1.165, 1.54) is 0 Å². The molecule has 1 N–H and O–H groups in total. The van der Waals surface area contributed by atoms with E-state index in [0.29, 0.717) is 35.8 Å². The molecule has 23 heavy (non-hydrogen) atoms. The lowest BCUT2D eigenvalue weighted by atomic mass is 10.1. The first-order valence-corrected chi connectivity index (χ1v) is 7.95. The molecule has 0 aliphatic carbocycles. The average molecular weight is 329 g/mol. The van der Waals surface area contributed by atoms with Crippen LogP contribution in [0.2, 0.25) is 5.02 Å². The van der Waals surface area contributed by atoms with E-state index in [2.05, 4.69) is 5.32 Å². The third kappa shape index (κ3) is 3.54. The SMILES string of the molecule is O=C(NCc1ccccc1)c1ccc(Cl)cc1N1CCCC1=O. The van der Waals surface area contributed by atoms with Gasteiger partial charge in [0.05, 0.1) is 11.3 Å². The number of nitrogens with one attached hydrogen (secondary N) is 1. The maximum absolute atomic E-state index is 12.5. The Morgan fingerprint density at radius 3 is 2.65 bits per heavy atom. The highest BCUT2D eigenvalue weighted by molar-refractivity contribution is 6.31. The van der Waals surface area contributed by atoms with Crippen LogP contribution < -0.4 is 10.2 Å². The van der Waals surface area contributed by atoms with E-state index in [-0.39, 0.29) is 11.8 Å². The number of benzene rings is 2. The van der Waals surface area contributed by atoms with Crippen molar-refractivity contribution in [3.05, 3.63) is 64.7 Å². The van der Waals surface area contributed by atoms with Crippen LogP contribution in [0.3, 0.4) is 0 Å². The van der Waals surface area contributed by atoms with Crippen molar-refractivity contribution in [2.45, 2.75) is 19.4 Å². The Morgan fingerprint density at radius 2 is 1.96 bits per heavy atom. The average Bonchev–Trinajstić information content (AvgIpc) is 2.99. The van der Waals surface area contributed by atoms with Crippen LogP contribution in [0.5, 0.6) is 0 Å². The van der Waals surface area contributed by atoms with E-state index in [1.54, 1.807) is 23.1 Å². The highest BCUT2D eigenvalue weighted by Gasteiger charge is 2.26. The molecule has 0 saturated carbocycles. The molecule has 1 fully saturated rings. The Morgan fingerprint density at radius 1 is 1.17 bits per heavy atom. The van der Waals surface area contributed by atoms with Crippen molar-refractivity contribution in [3.63, 3.8) is 0 Å². The van der Waals surface area contributed by atoms with Crippen molar-refractivity contribution in [3.8, 4) is 0 Å². The predicted molar refractivity (Wildman–Crippen MR) is 90.7 cm³/mol. The predicted octanol–water partition coefficient (Wildman–Crippen LogP) is 3.40. The minimum atomic E-state index is -0.208. The van der Waals surface area contributed by atoms with Crippen molar-refractivity contribution < 1.29 is 9.59 Å². The maximum Gasteiger partial charge on any atom is 0.253 e. The van der Waals surface area contributed by atoms with Gasteiger partial charge in [-0.3, -0.25) is 9.59 Å². The number of rotatable bonds is 4. The normalized spacial score (nSPS) is 14.1. The number of carbonyl (C=O) groups excluding carboxylic acids is 2. The van der Waals surface area contributed by atoms with Crippen LogP contribution in [-0.2, 0) is 11.3 Å². The van der Waals surface area contributed by atoms with Gasteiger partial charge in [0.15, 0.2) is 0 Å². The van der Waals surface area contributed by atoms with Crippen LogP contribution in [-0.4, -0.2) is 18.4 Å². The van der Waals surface area contributed by atoms with Crippen LogP contribution in [0.15, 0.2) is 48.5 Å². The first kappa shape index (κ1) is 15.6. The fraction of sp³-hybridized carbons (Fsp3) is 0.222. The third-order valence-electron chi connectivity index (χ3n) is 3.86. The summed E-state index contributed by atoms with van der Waals surface area (Å²) in [4.78, 5) is 26.2. The van der Waals surface area contributed by atoms with E-state index in [9.17, 15) is 9.59 Å². The van der Waals surface area contributed by atoms with E-state index in [4.69, 9.17) is 11.6 Å². The van der Waals surface area contributed by atoms with Gasteiger partial charge >= 0.3 is 0 Å². The molecule has 1 aliphatic rings. The largest absolute Gasteiger partial charge is 0.348 e. The highest BCUT2D eigenvalue weighted by Crippen LogP contribution is 2.28. The zero-order valence-corrected chi connectivity index (χ0v) is 13.3. The van der Waals surface area contributed by atoms with Gasteiger partial charge in [-0.1, -0.05) is 41.9 Å². The molecule has 3 rings (SSSR count). The minimum Gasteiger partial charge on any atom is -0.348 e. The lowest BCUT2D eigenvalue weighted by molar-refractivity contribution is -0.117. The fourth-order valence-electron chi connectivity index (χ4n) is 2.70. The first-order valence-electron chi connectivity index (χ1n) is 7.57. The second kappa shape index (κ2) is 6.84. The standard InChI is InChI=1S/C18H17ClN2O2/c19-14-8-9-15(16(11-14)21-10-4-7-17(21)22)18(23)20-12-13-5-2-1-3-6-13/h1-3,5-6,8-9,11H,4,7,10,12H2,(H,20,23). The maximum atomic E-state index is 12.5. The number of carbonyl (C=O) groups is 2. The monoisotopic (exact) mass is 328 g/mol. The Balaban J connectivity index is 1.81. The fourth-order valence-corrected chi connectivity index (χ4v) is 2.86.